The van der Waals surface area contributed by atoms with Crippen LogP contribution in [0.25, 0.3) is 0 Å². The number of rotatable bonds is 5. The molecule has 1 rings (SSSR count). The standard InChI is InChI=1S/C10H15N3O3/c1-10(2,7-14)6-12-8-3-4-9(11-5-8)13(15)16/h3-5,12,14H,6-7H2,1-2H3. The summed E-state index contributed by atoms with van der Waals surface area (Å²) >= 11 is 0. The monoisotopic (exact) mass is 225 g/mol. The Morgan fingerprint density at radius 2 is 2.25 bits per heavy atom. The van der Waals surface area contributed by atoms with Crippen molar-refractivity contribution < 1.29 is 10.0 Å². The molecule has 2 N–H and O–H groups in total. The summed E-state index contributed by atoms with van der Waals surface area (Å²) in [5.74, 6) is -0.174. The van der Waals surface area contributed by atoms with Crippen LogP contribution in [0.1, 0.15) is 13.8 Å². The van der Waals surface area contributed by atoms with Gasteiger partial charge in [0.2, 0.25) is 0 Å². The van der Waals surface area contributed by atoms with E-state index in [9.17, 15) is 10.1 Å². The Balaban J connectivity index is 2.59. The molecule has 6 nitrogen and oxygen atoms in total. The number of aliphatic hydroxyl groups excluding tert-OH is 1. The van der Waals surface area contributed by atoms with E-state index in [2.05, 4.69) is 10.3 Å². The number of nitro groups is 1. The molecule has 0 bridgehead atoms. The van der Waals surface area contributed by atoms with E-state index in [1.165, 1.54) is 12.3 Å². The Kier molecular flexibility index (Phi) is 3.78. The largest absolute Gasteiger partial charge is 0.396 e. The van der Waals surface area contributed by atoms with Gasteiger partial charge in [-0.25, -0.2) is 0 Å². The molecule has 0 saturated heterocycles. The van der Waals surface area contributed by atoms with Crippen molar-refractivity contribution in [2.24, 2.45) is 5.41 Å². The van der Waals surface area contributed by atoms with Gasteiger partial charge in [-0.15, -0.1) is 0 Å². The van der Waals surface area contributed by atoms with E-state index in [0.29, 0.717) is 12.2 Å². The third-order valence-electron chi connectivity index (χ3n) is 2.13. The van der Waals surface area contributed by atoms with Gasteiger partial charge in [0, 0.05) is 24.6 Å². The van der Waals surface area contributed by atoms with E-state index < -0.39 is 4.92 Å². The van der Waals surface area contributed by atoms with E-state index in [0.717, 1.165) is 0 Å². The average molecular weight is 225 g/mol. The lowest BCUT2D eigenvalue weighted by Gasteiger charge is -2.21. The summed E-state index contributed by atoms with van der Waals surface area (Å²) in [6, 6.07) is 2.94. The highest BCUT2D eigenvalue weighted by Gasteiger charge is 2.16. The number of anilines is 1. The Bertz CT molecular complexity index is 362. The first-order valence-corrected chi connectivity index (χ1v) is 4.90. The molecule has 0 radical (unpaired) electrons. The molecule has 6 heteroatoms. The highest BCUT2D eigenvalue weighted by Crippen LogP contribution is 2.16. The van der Waals surface area contributed by atoms with E-state index in [4.69, 9.17) is 5.11 Å². The Hall–Kier alpha value is -1.69. The fourth-order valence-corrected chi connectivity index (χ4v) is 0.996. The molecule has 1 heterocycles. The molecule has 1 aromatic rings. The van der Waals surface area contributed by atoms with Gasteiger partial charge in [-0.05, 0) is 16.0 Å². The minimum absolute atomic E-state index is 0.0699. The normalized spacial score (nSPS) is 11.2. The predicted octanol–water partition coefficient (Wildman–Crippen LogP) is 1.42. The number of aromatic nitrogens is 1. The van der Waals surface area contributed by atoms with Gasteiger partial charge in [0.05, 0.1) is 5.69 Å². The number of pyridine rings is 1. The first-order chi connectivity index (χ1) is 7.44. The molecule has 0 amide bonds. The van der Waals surface area contributed by atoms with Crippen LogP contribution in [0.4, 0.5) is 11.5 Å². The summed E-state index contributed by atoms with van der Waals surface area (Å²) in [5, 5.41) is 22.5. The minimum atomic E-state index is -0.540. The maximum Gasteiger partial charge on any atom is 0.363 e. The SMILES string of the molecule is CC(C)(CO)CNc1ccc([N+](=O)[O-])nc1. The molecule has 16 heavy (non-hydrogen) atoms. The zero-order valence-corrected chi connectivity index (χ0v) is 9.30. The lowest BCUT2D eigenvalue weighted by atomic mass is 9.95. The van der Waals surface area contributed by atoms with Crippen molar-refractivity contribution >= 4 is 11.5 Å². The molecule has 0 spiro atoms. The summed E-state index contributed by atoms with van der Waals surface area (Å²) in [4.78, 5) is 13.5. The number of hydrogen-bond donors (Lipinski definition) is 2. The van der Waals surface area contributed by atoms with Crippen LogP contribution in [0.15, 0.2) is 18.3 Å². The van der Waals surface area contributed by atoms with Crippen molar-refractivity contribution in [3.05, 3.63) is 28.4 Å². The summed E-state index contributed by atoms with van der Waals surface area (Å²) in [6.45, 7) is 4.47. The van der Waals surface area contributed by atoms with Gasteiger partial charge >= 0.3 is 5.82 Å². The second-order valence-electron chi connectivity index (χ2n) is 4.34. The molecule has 0 aliphatic rings. The predicted molar refractivity (Wildman–Crippen MR) is 60.2 cm³/mol. The van der Waals surface area contributed by atoms with Crippen molar-refractivity contribution in [1.82, 2.24) is 4.98 Å². The average Bonchev–Trinajstić information content (AvgIpc) is 2.27. The van der Waals surface area contributed by atoms with Gasteiger partial charge in [-0.2, -0.15) is 0 Å². The molecular formula is C10H15N3O3. The highest BCUT2D eigenvalue weighted by molar-refractivity contribution is 5.43. The van der Waals surface area contributed by atoms with Gasteiger partial charge in [-0.1, -0.05) is 13.8 Å². The van der Waals surface area contributed by atoms with Crippen LogP contribution in [0.5, 0.6) is 0 Å². The van der Waals surface area contributed by atoms with Crippen LogP contribution in [0.3, 0.4) is 0 Å². The maximum atomic E-state index is 10.4. The third-order valence-corrected chi connectivity index (χ3v) is 2.13. The lowest BCUT2D eigenvalue weighted by Crippen LogP contribution is -2.26. The van der Waals surface area contributed by atoms with Crippen LogP contribution in [-0.2, 0) is 0 Å². The van der Waals surface area contributed by atoms with Crippen LogP contribution in [0, 0.1) is 15.5 Å². The zero-order chi connectivity index (χ0) is 12.2. The second kappa shape index (κ2) is 4.89. The molecule has 0 saturated carbocycles. The van der Waals surface area contributed by atoms with Gasteiger partial charge in [0.15, 0.2) is 6.20 Å². The van der Waals surface area contributed by atoms with E-state index in [1.54, 1.807) is 6.07 Å². The Labute approximate surface area is 93.5 Å². The molecule has 0 aliphatic heterocycles. The first kappa shape index (κ1) is 12.4. The minimum Gasteiger partial charge on any atom is -0.396 e. The van der Waals surface area contributed by atoms with Gasteiger partial charge in [0.25, 0.3) is 0 Å². The summed E-state index contributed by atoms with van der Waals surface area (Å²) in [7, 11) is 0. The molecule has 0 unspecified atom stereocenters. The van der Waals surface area contributed by atoms with E-state index in [1.807, 2.05) is 13.8 Å². The zero-order valence-electron chi connectivity index (χ0n) is 9.30. The summed E-state index contributed by atoms with van der Waals surface area (Å²) < 4.78 is 0. The maximum absolute atomic E-state index is 10.4. The molecule has 0 aromatic carbocycles. The smallest absolute Gasteiger partial charge is 0.363 e. The van der Waals surface area contributed by atoms with Crippen molar-refractivity contribution in [1.29, 1.82) is 0 Å². The second-order valence-corrected chi connectivity index (χ2v) is 4.34. The molecule has 1 aromatic heterocycles. The van der Waals surface area contributed by atoms with Crippen LogP contribution < -0.4 is 5.32 Å². The van der Waals surface area contributed by atoms with Crippen molar-refractivity contribution in [2.75, 3.05) is 18.5 Å². The number of aliphatic hydroxyl groups is 1. The van der Waals surface area contributed by atoms with Gasteiger partial charge in [-0.3, -0.25) is 0 Å². The topological polar surface area (TPSA) is 88.3 Å². The van der Waals surface area contributed by atoms with E-state index in [-0.39, 0.29) is 17.8 Å². The van der Waals surface area contributed by atoms with Gasteiger partial charge < -0.3 is 20.5 Å². The molecule has 88 valence electrons. The summed E-state index contributed by atoms with van der Waals surface area (Å²) in [6.07, 6.45) is 1.41. The van der Waals surface area contributed by atoms with Crippen molar-refractivity contribution in [3.8, 4) is 0 Å². The number of nitrogens with one attached hydrogen (secondary N) is 1. The fourth-order valence-electron chi connectivity index (χ4n) is 0.996. The Morgan fingerprint density at radius 3 is 2.69 bits per heavy atom. The molecule has 0 fully saturated rings. The fraction of sp³-hybridized carbons (Fsp3) is 0.500. The van der Waals surface area contributed by atoms with Gasteiger partial charge in [0.1, 0.15) is 0 Å². The Morgan fingerprint density at radius 1 is 1.56 bits per heavy atom. The third kappa shape index (κ3) is 3.47. The lowest BCUT2D eigenvalue weighted by molar-refractivity contribution is -0.389. The van der Waals surface area contributed by atoms with Crippen molar-refractivity contribution in [2.45, 2.75) is 13.8 Å². The molecule has 0 aliphatic carbocycles. The van der Waals surface area contributed by atoms with Crippen molar-refractivity contribution in [3.63, 3.8) is 0 Å². The highest BCUT2D eigenvalue weighted by atomic mass is 16.6. The number of nitrogens with zero attached hydrogens (tertiary/aromatic N) is 2. The molecule has 0 atom stereocenters. The summed E-state index contributed by atoms with van der Waals surface area (Å²) in [5.41, 5.74) is 0.467. The molecular weight excluding hydrogens is 210 g/mol. The van der Waals surface area contributed by atoms with Crippen LogP contribution in [-0.4, -0.2) is 28.2 Å². The number of hydrogen-bond acceptors (Lipinski definition) is 5. The van der Waals surface area contributed by atoms with E-state index >= 15 is 0 Å². The van der Waals surface area contributed by atoms with Crippen LogP contribution >= 0.6 is 0 Å². The first-order valence-electron chi connectivity index (χ1n) is 4.90. The van der Waals surface area contributed by atoms with Crippen LogP contribution in [0.2, 0.25) is 0 Å². The quantitative estimate of drug-likeness (QED) is 0.584.